The van der Waals surface area contributed by atoms with Gasteiger partial charge in [-0.25, -0.2) is 4.79 Å². The number of aryl methyl sites for hydroxylation is 1. The topological polar surface area (TPSA) is 67.4 Å². The predicted molar refractivity (Wildman–Crippen MR) is 141 cm³/mol. The molecule has 1 fully saturated rings. The van der Waals surface area contributed by atoms with Crippen LogP contribution in [0.5, 0.6) is 0 Å². The number of benzene rings is 3. The van der Waals surface area contributed by atoms with Crippen LogP contribution in [0.25, 0.3) is 0 Å². The van der Waals surface area contributed by atoms with Crippen LogP contribution in [0.15, 0.2) is 59.1 Å². The highest BCUT2D eigenvalue weighted by atomic mass is 79.9. The van der Waals surface area contributed by atoms with E-state index in [1.807, 2.05) is 44.2 Å². The van der Waals surface area contributed by atoms with Crippen molar-refractivity contribution in [2.45, 2.75) is 45.6 Å². The molecule has 0 spiro atoms. The predicted octanol–water partition coefficient (Wildman–Crippen LogP) is 8.19. The van der Waals surface area contributed by atoms with Crippen molar-refractivity contribution in [2.75, 3.05) is 10.6 Å². The Kier molecular flexibility index (Phi) is 7.59. The van der Waals surface area contributed by atoms with E-state index in [0.717, 1.165) is 41.3 Å². The van der Waals surface area contributed by atoms with Crippen LogP contribution in [0.4, 0.5) is 21.9 Å². The molecule has 1 amide bonds. The molecule has 3 aromatic rings. The Bertz CT molecular complexity index is 1240. The molecule has 0 saturated heterocycles. The van der Waals surface area contributed by atoms with Crippen molar-refractivity contribution in [3.63, 3.8) is 0 Å². The minimum atomic E-state index is -0.472. The van der Waals surface area contributed by atoms with Gasteiger partial charge in [0.15, 0.2) is 5.78 Å². The van der Waals surface area contributed by atoms with Crippen LogP contribution in [0, 0.1) is 13.8 Å². The lowest BCUT2D eigenvalue weighted by atomic mass is 9.96. The van der Waals surface area contributed by atoms with Crippen molar-refractivity contribution in [3.05, 3.63) is 86.3 Å². The zero-order chi connectivity index (χ0) is 24.2. The van der Waals surface area contributed by atoms with Crippen molar-refractivity contribution in [1.82, 2.24) is 0 Å². The number of halogens is 2. The van der Waals surface area contributed by atoms with Crippen molar-refractivity contribution >= 4 is 56.5 Å². The van der Waals surface area contributed by atoms with Gasteiger partial charge in [-0.3, -0.25) is 10.1 Å². The fourth-order valence-corrected chi connectivity index (χ4v) is 4.73. The van der Waals surface area contributed by atoms with E-state index in [0.29, 0.717) is 33.2 Å². The summed E-state index contributed by atoms with van der Waals surface area (Å²) in [5.41, 5.74) is 5.03. The minimum absolute atomic E-state index is 0.0236. The lowest BCUT2D eigenvalue weighted by Gasteiger charge is -2.16. The van der Waals surface area contributed by atoms with E-state index >= 15 is 0 Å². The SMILES string of the molecule is Cc1cccc(C(=O)c2ccc(Nc3ccc(Br)cc3NC(=O)OC3CCCC3)cc2Cl)c1C. The largest absolute Gasteiger partial charge is 0.446 e. The molecule has 5 nitrogen and oxygen atoms in total. The third kappa shape index (κ3) is 5.62. The Hall–Kier alpha value is -2.83. The maximum absolute atomic E-state index is 13.1. The van der Waals surface area contributed by atoms with Crippen molar-refractivity contribution < 1.29 is 14.3 Å². The first kappa shape index (κ1) is 24.3. The van der Waals surface area contributed by atoms with Gasteiger partial charge in [-0.2, -0.15) is 0 Å². The highest BCUT2D eigenvalue weighted by Gasteiger charge is 2.20. The average molecular weight is 542 g/mol. The molecule has 4 rings (SSSR count). The van der Waals surface area contributed by atoms with E-state index in [-0.39, 0.29) is 11.9 Å². The van der Waals surface area contributed by atoms with Crippen LogP contribution in [0.2, 0.25) is 5.02 Å². The molecule has 0 heterocycles. The second-order valence-corrected chi connectivity index (χ2v) is 9.85. The normalized spacial score (nSPS) is 13.5. The van der Waals surface area contributed by atoms with Crippen LogP contribution >= 0.6 is 27.5 Å². The highest BCUT2D eigenvalue weighted by molar-refractivity contribution is 9.10. The minimum Gasteiger partial charge on any atom is -0.446 e. The van der Waals surface area contributed by atoms with Gasteiger partial charge in [-0.1, -0.05) is 45.7 Å². The first-order valence-corrected chi connectivity index (χ1v) is 12.4. The number of hydrogen-bond donors (Lipinski definition) is 2. The van der Waals surface area contributed by atoms with Gasteiger partial charge in [0.1, 0.15) is 6.10 Å². The van der Waals surface area contributed by atoms with Gasteiger partial charge < -0.3 is 10.1 Å². The summed E-state index contributed by atoms with van der Waals surface area (Å²) < 4.78 is 6.35. The Balaban J connectivity index is 1.53. The van der Waals surface area contributed by atoms with Gasteiger partial charge in [0, 0.05) is 21.3 Å². The molecule has 0 unspecified atom stereocenters. The Morgan fingerprint density at radius 2 is 1.74 bits per heavy atom. The van der Waals surface area contributed by atoms with E-state index in [9.17, 15) is 9.59 Å². The number of carbonyl (C=O) groups excluding carboxylic acids is 2. The lowest BCUT2D eigenvalue weighted by molar-refractivity contribution is 0.103. The summed E-state index contributed by atoms with van der Waals surface area (Å²) in [5, 5.41) is 6.46. The zero-order valence-corrected chi connectivity index (χ0v) is 21.4. The summed E-state index contributed by atoms with van der Waals surface area (Å²) in [6, 6.07) is 16.4. The van der Waals surface area contributed by atoms with Crippen LogP contribution in [0.1, 0.15) is 52.7 Å². The standard InChI is InChI=1S/C27H26BrClN2O3/c1-16-6-5-9-21(17(16)2)26(32)22-12-11-19(15-23(22)29)30-24-13-10-18(28)14-25(24)31-27(33)34-20-7-3-4-8-20/h5-6,9-15,20,30H,3-4,7-8H2,1-2H3,(H,31,33). The summed E-state index contributed by atoms with van der Waals surface area (Å²) in [4.78, 5) is 25.5. The van der Waals surface area contributed by atoms with Gasteiger partial charge >= 0.3 is 6.09 Å². The van der Waals surface area contributed by atoms with Gasteiger partial charge in [0.2, 0.25) is 0 Å². The fraction of sp³-hybridized carbons (Fsp3) is 0.259. The third-order valence-electron chi connectivity index (χ3n) is 6.14. The molecule has 0 bridgehead atoms. The van der Waals surface area contributed by atoms with Crippen LogP contribution in [-0.2, 0) is 4.74 Å². The van der Waals surface area contributed by atoms with Gasteiger partial charge in [0.25, 0.3) is 0 Å². The number of ketones is 1. The zero-order valence-electron chi connectivity index (χ0n) is 19.1. The van der Waals surface area contributed by atoms with Gasteiger partial charge in [-0.15, -0.1) is 0 Å². The summed E-state index contributed by atoms with van der Waals surface area (Å²) >= 11 is 9.97. The molecule has 1 aliphatic rings. The Morgan fingerprint density at radius 3 is 2.47 bits per heavy atom. The fourth-order valence-electron chi connectivity index (χ4n) is 4.10. The van der Waals surface area contributed by atoms with Crippen LogP contribution < -0.4 is 10.6 Å². The summed E-state index contributed by atoms with van der Waals surface area (Å²) in [5.74, 6) is -0.113. The van der Waals surface area contributed by atoms with E-state index in [1.165, 1.54) is 0 Å². The quantitative estimate of drug-likeness (QED) is 0.309. The summed E-state index contributed by atoms with van der Waals surface area (Å²) in [7, 11) is 0. The maximum atomic E-state index is 13.1. The number of amides is 1. The molecule has 1 aliphatic carbocycles. The number of hydrogen-bond acceptors (Lipinski definition) is 4. The van der Waals surface area contributed by atoms with Crippen molar-refractivity contribution in [2.24, 2.45) is 0 Å². The first-order valence-electron chi connectivity index (χ1n) is 11.3. The summed E-state index contributed by atoms with van der Waals surface area (Å²) in [6.45, 7) is 3.92. The van der Waals surface area contributed by atoms with Crippen molar-refractivity contribution in [1.29, 1.82) is 0 Å². The highest BCUT2D eigenvalue weighted by Crippen LogP contribution is 2.32. The second kappa shape index (κ2) is 10.6. The van der Waals surface area contributed by atoms with Gasteiger partial charge in [0.05, 0.1) is 16.4 Å². The number of rotatable bonds is 6. The Morgan fingerprint density at radius 1 is 0.971 bits per heavy atom. The van der Waals surface area contributed by atoms with Crippen molar-refractivity contribution in [3.8, 4) is 0 Å². The smallest absolute Gasteiger partial charge is 0.411 e. The Labute approximate surface area is 213 Å². The molecule has 0 atom stereocenters. The number of nitrogens with one attached hydrogen (secondary N) is 2. The second-order valence-electron chi connectivity index (χ2n) is 8.52. The van der Waals surface area contributed by atoms with E-state index in [4.69, 9.17) is 16.3 Å². The molecule has 176 valence electrons. The summed E-state index contributed by atoms with van der Waals surface area (Å²) in [6.07, 6.45) is 3.49. The molecule has 34 heavy (non-hydrogen) atoms. The number of anilines is 3. The number of carbonyl (C=O) groups is 2. The molecular weight excluding hydrogens is 516 g/mol. The van der Waals surface area contributed by atoms with E-state index < -0.39 is 6.09 Å². The first-order chi connectivity index (χ1) is 16.3. The molecule has 0 aliphatic heterocycles. The molecular formula is C27H26BrClN2O3. The molecule has 3 aromatic carbocycles. The third-order valence-corrected chi connectivity index (χ3v) is 6.94. The molecule has 2 N–H and O–H groups in total. The molecule has 0 radical (unpaired) electrons. The average Bonchev–Trinajstić information content (AvgIpc) is 3.30. The van der Waals surface area contributed by atoms with Crippen LogP contribution in [0.3, 0.4) is 0 Å². The van der Waals surface area contributed by atoms with E-state index in [1.54, 1.807) is 24.3 Å². The molecule has 1 saturated carbocycles. The van der Waals surface area contributed by atoms with E-state index in [2.05, 4.69) is 26.6 Å². The van der Waals surface area contributed by atoms with Gasteiger partial charge in [-0.05, 0) is 87.1 Å². The number of ether oxygens (including phenoxy) is 1. The monoisotopic (exact) mass is 540 g/mol. The lowest BCUT2D eigenvalue weighted by Crippen LogP contribution is -2.20. The van der Waals surface area contributed by atoms with Crippen LogP contribution in [-0.4, -0.2) is 18.0 Å². The molecule has 7 heteroatoms. The molecule has 0 aromatic heterocycles. The maximum Gasteiger partial charge on any atom is 0.411 e.